The fraction of sp³-hybridized carbons (Fsp3) is 0.125. The summed E-state index contributed by atoms with van der Waals surface area (Å²) in [6.45, 7) is 0. The molecule has 0 spiro atoms. The molecular formula is C8H6ClFO2S. The minimum absolute atomic E-state index is 0.141. The molecule has 1 rings (SSSR count). The Bertz CT molecular complexity index is 330. The van der Waals surface area contributed by atoms with Crippen molar-refractivity contribution in [2.24, 2.45) is 0 Å². The van der Waals surface area contributed by atoms with Gasteiger partial charge in [0.15, 0.2) is 0 Å². The van der Waals surface area contributed by atoms with Crippen molar-refractivity contribution in [3.05, 3.63) is 29.6 Å². The average molecular weight is 221 g/mol. The molecule has 13 heavy (non-hydrogen) atoms. The van der Waals surface area contributed by atoms with Gasteiger partial charge in [-0.05, 0) is 39.9 Å². The number of hydrogen-bond donors (Lipinski definition) is 0. The van der Waals surface area contributed by atoms with Crippen molar-refractivity contribution in [1.82, 2.24) is 0 Å². The number of carbonyl (C=O) groups is 1. The molecule has 0 radical (unpaired) electrons. The Hall–Kier alpha value is -0.740. The van der Waals surface area contributed by atoms with Crippen molar-refractivity contribution in [2.45, 2.75) is 4.90 Å². The molecule has 0 aliphatic rings. The van der Waals surface area contributed by atoms with Crippen molar-refractivity contribution in [3.63, 3.8) is 0 Å². The molecule has 0 unspecified atom stereocenters. The smallest absolute Gasteiger partial charge is 0.339 e. The molecule has 2 nitrogen and oxygen atoms in total. The number of hydrogen-bond acceptors (Lipinski definition) is 3. The molecule has 0 saturated heterocycles. The number of methoxy groups -OCH3 is 1. The maximum absolute atomic E-state index is 12.7. The van der Waals surface area contributed by atoms with Crippen LogP contribution in [0.2, 0.25) is 0 Å². The number of ether oxygens (including phenoxy) is 1. The quantitative estimate of drug-likeness (QED) is 0.717. The number of esters is 1. The lowest BCUT2D eigenvalue weighted by Crippen LogP contribution is -2.03. The van der Waals surface area contributed by atoms with Crippen molar-refractivity contribution >= 4 is 27.6 Å². The molecule has 0 N–H and O–H groups in total. The Labute approximate surface area is 83.5 Å². The SMILES string of the molecule is COC(=O)c1cc(F)ccc1SCl. The summed E-state index contributed by atoms with van der Waals surface area (Å²) in [4.78, 5) is 11.6. The molecule has 0 aromatic heterocycles. The fourth-order valence-corrected chi connectivity index (χ4v) is 1.59. The van der Waals surface area contributed by atoms with E-state index >= 15 is 0 Å². The van der Waals surface area contributed by atoms with E-state index in [9.17, 15) is 9.18 Å². The van der Waals surface area contributed by atoms with E-state index in [1.165, 1.54) is 19.2 Å². The third-order valence-electron chi connectivity index (χ3n) is 1.43. The van der Waals surface area contributed by atoms with Crippen LogP contribution in [-0.2, 0) is 4.74 Å². The third-order valence-corrected chi connectivity index (χ3v) is 2.45. The first-order valence-electron chi connectivity index (χ1n) is 3.35. The van der Waals surface area contributed by atoms with Gasteiger partial charge in [0, 0.05) is 4.90 Å². The van der Waals surface area contributed by atoms with E-state index in [2.05, 4.69) is 4.74 Å². The third kappa shape index (κ3) is 2.35. The van der Waals surface area contributed by atoms with Crippen LogP contribution in [0.1, 0.15) is 10.4 Å². The van der Waals surface area contributed by atoms with Gasteiger partial charge in [0.1, 0.15) is 5.82 Å². The van der Waals surface area contributed by atoms with Crippen molar-refractivity contribution in [1.29, 1.82) is 0 Å². The maximum Gasteiger partial charge on any atom is 0.339 e. The minimum Gasteiger partial charge on any atom is -0.465 e. The highest BCUT2D eigenvalue weighted by atomic mass is 35.7. The highest BCUT2D eigenvalue weighted by molar-refractivity contribution is 8.21. The topological polar surface area (TPSA) is 26.3 Å². The van der Waals surface area contributed by atoms with Gasteiger partial charge in [0.05, 0.1) is 12.7 Å². The second kappa shape index (κ2) is 4.48. The number of benzene rings is 1. The molecule has 5 heteroatoms. The predicted octanol–water partition coefficient (Wildman–Crippen LogP) is 2.86. The van der Waals surface area contributed by atoms with Gasteiger partial charge in [0.25, 0.3) is 0 Å². The second-order valence-electron chi connectivity index (χ2n) is 2.21. The Kier molecular flexibility index (Phi) is 3.57. The predicted molar refractivity (Wildman–Crippen MR) is 49.4 cm³/mol. The molecule has 1 aromatic carbocycles. The summed E-state index contributed by atoms with van der Waals surface area (Å²) in [5, 5.41) is 0. The Morgan fingerprint density at radius 3 is 2.85 bits per heavy atom. The molecule has 0 heterocycles. The summed E-state index contributed by atoms with van der Waals surface area (Å²) in [6, 6.07) is 3.76. The van der Waals surface area contributed by atoms with Crippen molar-refractivity contribution in [3.8, 4) is 0 Å². The van der Waals surface area contributed by atoms with Gasteiger partial charge in [-0.25, -0.2) is 9.18 Å². The number of halogens is 2. The van der Waals surface area contributed by atoms with Gasteiger partial charge < -0.3 is 4.74 Å². The lowest BCUT2D eigenvalue weighted by Gasteiger charge is -2.03. The summed E-state index contributed by atoms with van der Waals surface area (Å²) in [5.74, 6) is -1.09. The van der Waals surface area contributed by atoms with E-state index in [-0.39, 0.29) is 5.56 Å². The number of rotatable bonds is 2. The monoisotopic (exact) mass is 220 g/mol. The zero-order chi connectivity index (χ0) is 9.84. The van der Waals surface area contributed by atoms with Crippen molar-refractivity contribution in [2.75, 3.05) is 7.11 Å². The summed E-state index contributed by atoms with van der Waals surface area (Å²) in [7, 11) is 7.56. The standard InChI is InChI=1S/C8H6ClFO2S/c1-12-8(11)6-4-5(10)2-3-7(6)13-9/h2-4H,1H3. The van der Waals surface area contributed by atoms with E-state index in [4.69, 9.17) is 10.7 Å². The van der Waals surface area contributed by atoms with Crippen LogP contribution < -0.4 is 0 Å². The van der Waals surface area contributed by atoms with Crippen molar-refractivity contribution < 1.29 is 13.9 Å². The highest BCUT2D eigenvalue weighted by Gasteiger charge is 2.12. The van der Waals surface area contributed by atoms with Crippen LogP contribution in [-0.4, -0.2) is 13.1 Å². The van der Waals surface area contributed by atoms with E-state index in [1.54, 1.807) is 0 Å². The Morgan fingerprint density at radius 1 is 1.62 bits per heavy atom. The molecule has 0 fully saturated rings. The first-order valence-corrected chi connectivity index (χ1v) is 4.99. The maximum atomic E-state index is 12.7. The van der Waals surface area contributed by atoms with Crippen LogP contribution in [0.5, 0.6) is 0 Å². The summed E-state index contributed by atoms with van der Waals surface area (Å²) >= 11 is 0. The zero-order valence-electron chi connectivity index (χ0n) is 6.71. The first-order chi connectivity index (χ1) is 6.19. The van der Waals surface area contributed by atoms with Crippen LogP contribution in [0.3, 0.4) is 0 Å². The molecule has 0 bridgehead atoms. The zero-order valence-corrected chi connectivity index (χ0v) is 8.29. The molecule has 0 amide bonds. The lowest BCUT2D eigenvalue weighted by atomic mass is 10.2. The molecule has 0 aliphatic carbocycles. The van der Waals surface area contributed by atoms with Gasteiger partial charge >= 0.3 is 5.97 Å². The fourth-order valence-electron chi connectivity index (χ4n) is 0.839. The lowest BCUT2D eigenvalue weighted by molar-refractivity contribution is 0.0596. The number of carbonyl (C=O) groups excluding carboxylic acids is 1. The van der Waals surface area contributed by atoms with Gasteiger partial charge in [0.2, 0.25) is 0 Å². The van der Waals surface area contributed by atoms with Gasteiger partial charge in [-0.3, -0.25) is 0 Å². The molecule has 0 saturated carbocycles. The summed E-state index contributed by atoms with van der Waals surface area (Å²) in [5.41, 5.74) is 0.141. The van der Waals surface area contributed by atoms with E-state index in [1.807, 2.05) is 0 Å². The average Bonchev–Trinajstić information content (AvgIpc) is 2.16. The van der Waals surface area contributed by atoms with E-state index in [0.29, 0.717) is 4.90 Å². The molecular weight excluding hydrogens is 215 g/mol. The molecule has 70 valence electrons. The largest absolute Gasteiger partial charge is 0.465 e. The minimum atomic E-state index is -0.595. The summed E-state index contributed by atoms with van der Waals surface area (Å²) in [6.07, 6.45) is 0. The van der Waals surface area contributed by atoms with E-state index < -0.39 is 11.8 Å². The molecule has 0 aliphatic heterocycles. The van der Waals surface area contributed by atoms with Gasteiger partial charge in [-0.15, -0.1) is 0 Å². The Morgan fingerprint density at radius 2 is 2.31 bits per heavy atom. The van der Waals surface area contributed by atoms with Crippen LogP contribution in [0.25, 0.3) is 0 Å². The first kappa shape index (κ1) is 10.3. The summed E-state index contributed by atoms with van der Waals surface area (Å²) < 4.78 is 17.2. The van der Waals surface area contributed by atoms with Gasteiger partial charge in [-0.2, -0.15) is 0 Å². The highest BCUT2D eigenvalue weighted by Crippen LogP contribution is 2.27. The molecule has 1 aromatic rings. The van der Waals surface area contributed by atoms with Crippen LogP contribution in [0.15, 0.2) is 23.1 Å². The van der Waals surface area contributed by atoms with E-state index in [0.717, 1.165) is 17.0 Å². The van der Waals surface area contributed by atoms with Crippen LogP contribution in [0, 0.1) is 5.82 Å². The van der Waals surface area contributed by atoms with Crippen LogP contribution >= 0.6 is 21.7 Å². The van der Waals surface area contributed by atoms with Crippen LogP contribution in [0.4, 0.5) is 4.39 Å². The Balaban J connectivity index is 3.15. The molecule has 0 atom stereocenters. The normalized spacial score (nSPS) is 9.77. The second-order valence-corrected chi connectivity index (χ2v) is 3.27. The van der Waals surface area contributed by atoms with Gasteiger partial charge in [-0.1, -0.05) is 0 Å².